The van der Waals surface area contributed by atoms with Gasteiger partial charge in [-0.25, -0.2) is 17.6 Å². The van der Waals surface area contributed by atoms with E-state index in [0.717, 1.165) is 12.2 Å². The fraction of sp³-hybridized carbons (Fsp3) is 0.111. The van der Waals surface area contributed by atoms with Crippen LogP contribution < -0.4 is 5.73 Å². The molecule has 0 bridgehead atoms. The van der Waals surface area contributed by atoms with Crippen molar-refractivity contribution < 1.29 is 17.6 Å². The zero-order valence-corrected chi connectivity index (χ0v) is 8.08. The lowest BCUT2D eigenvalue weighted by atomic mass is 10.1. The molecule has 0 spiro atoms. The van der Waals surface area contributed by atoms with Crippen molar-refractivity contribution in [3.63, 3.8) is 0 Å². The maximum Gasteiger partial charge on any atom is 0.181 e. The van der Waals surface area contributed by atoms with Gasteiger partial charge in [0.1, 0.15) is 5.02 Å². The molecule has 0 heterocycles. The van der Waals surface area contributed by atoms with Gasteiger partial charge in [-0.05, 0) is 0 Å². The topological polar surface area (TPSA) is 26.0 Å². The van der Waals surface area contributed by atoms with E-state index < -0.39 is 33.9 Å². The average molecular weight is 240 g/mol. The minimum atomic E-state index is -1.62. The highest BCUT2D eigenvalue weighted by molar-refractivity contribution is 6.30. The van der Waals surface area contributed by atoms with Crippen molar-refractivity contribution in [1.82, 2.24) is 0 Å². The van der Waals surface area contributed by atoms with Gasteiger partial charge in [0.25, 0.3) is 0 Å². The molecule has 0 aliphatic carbocycles. The van der Waals surface area contributed by atoms with Gasteiger partial charge in [-0.3, -0.25) is 0 Å². The molecule has 0 aromatic heterocycles. The van der Waals surface area contributed by atoms with E-state index in [4.69, 9.17) is 17.3 Å². The van der Waals surface area contributed by atoms with E-state index in [0.29, 0.717) is 0 Å². The summed E-state index contributed by atoms with van der Waals surface area (Å²) in [5.74, 6) is -6.31. The first-order valence-corrected chi connectivity index (χ1v) is 4.26. The van der Waals surface area contributed by atoms with Crippen LogP contribution in [0.5, 0.6) is 0 Å². The molecule has 0 fully saturated rings. The van der Waals surface area contributed by atoms with Crippen molar-refractivity contribution in [1.29, 1.82) is 0 Å². The van der Waals surface area contributed by atoms with E-state index >= 15 is 0 Å². The van der Waals surface area contributed by atoms with Crippen molar-refractivity contribution >= 4 is 17.7 Å². The summed E-state index contributed by atoms with van der Waals surface area (Å²) in [5.41, 5.74) is 4.20. The maximum absolute atomic E-state index is 13.1. The Kier molecular flexibility index (Phi) is 3.71. The van der Waals surface area contributed by atoms with Crippen LogP contribution in [0.4, 0.5) is 17.6 Å². The highest BCUT2D eigenvalue weighted by Crippen LogP contribution is 2.28. The molecule has 0 amide bonds. The van der Waals surface area contributed by atoms with E-state index in [1.54, 1.807) is 0 Å². The van der Waals surface area contributed by atoms with Gasteiger partial charge < -0.3 is 5.73 Å². The zero-order valence-electron chi connectivity index (χ0n) is 7.33. The summed E-state index contributed by atoms with van der Waals surface area (Å²) in [6.45, 7) is -0.00918. The Morgan fingerprint density at radius 2 is 1.47 bits per heavy atom. The van der Waals surface area contributed by atoms with Crippen LogP contribution >= 0.6 is 11.6 Å². The van der Waals surface area contributed by atoms with E-state index in [9.17, 15) is 17.6 Å². The predicted molar refractivity (Wildman–Crippen MR) is 49.4 cm³/mol. The van der Waals surface area contributed by atoms with Gasteiger partial charge in [0.15, 0.2) is 23.3 Å². The molecule has 0 saturated carbocycles. The molecule has 6 heteroatoms. The number of benzene rings is 1. The first kappa shape index (κ1) is 12.0. The zero-order chi connectivity index (χ0) is 11.6. The average Bonchev–Trinajstić information content (AvgIpc) is 2.24. The molecular formula is C9H6ClF4N. The minimum Gasteiger partial charge on any atom is -0.327 e. The van der Waals surface area contributed by atoms with Crippen LogP contribution in [-0.4, -0.2) is 6.54 Å². The quantitative estimate of drug-likeness (QED) is 0.479. The number of rotatable bonds is 2. The van der Waals surface area contributed by atoms with E-state index in [2.05, 4.69) is 0 Å². The molecule has 2 N–H and O–H groups in total. The lowest BCUT2D eigenvalue weighted by Crippen LogP contribution is -2.01. The molecule has 0 aliphatic rings. The lowest BCUT2D eigenvalue weighted by Gasteiger charge is -2.04. The second-order valence-electron chi connectivity index (χ2n) is 2.62. The minimum absolute atomic E-state index is 0.00918. The van der Waals surface area contributed by atoms with Gasteiger partial charge in [-0.15, -0.1) is 0 Å². The number of halogens is 5. The van der Waals surface area contributed by atoms with Crippen LogP contribution in [0.1, 0.15) is 5.56 Å². The Morgan fingerprint density at radius 1 is 1.00 bits per heavy atom. The van der Waals surface area contributed by atoms with Gasteiger partial charge in [-0.1, -0.05) is 23.8 Å². The highest BCUT2D eigenvalue weighted by Gasteiger charge is 2.22. The summed E-state index contributed by atoms with van der Waals surface area (Å²) in [6, 6.07) is 0. The molecule has 1 aromatic carbocycles. The van der Waals surface area contributed by atoms with Crippen molar-refractivity contribution in [3.05, 3.63) is 39.9 Å². The Balaban J connectivity index is 3.45. The molecule has 0 radical (unpaired) electrons. The predicted octanol–water partition coefficient (Wildman–Crippen LogP) is 2.87. The monoisotopic (exact) mass is 239 g/mol. The normalized spacial score (nSPS) is 11.3. The molecule has 82 valence electrons. The summed E-state index contributed by atoms with van der Waals surface area (Å²) in [5, 5.41) is -1.20. The molecular weight excluding hydrogens is 234 g/mol. The first-order valence-electron chi connectivity index (χ1n) is 3.88. The smallest absolute Gasteiger partial charge is 0.181 e. The first-order chi connectivity index (χ1) is 7.00. The van der Waals surface area contributed by atoms with Crippen LogP contribution in [0.25, 0.3) is 6.08 Å². The third-order valence-electron chi connectivity index (χ3n) is 1.66. The van der Waals surface area contributed by atoms with Crippen molar-refractivity contribution in [2.45, 2.75) is 0 Å². The van der Waals surface area contributed by atoms with Crippen LogP contribution in [-0.2, 0) is 0 Å². The molecule has 1 rings (SSSR count). The molecule has 1 nitrogen and oxygen atoms in total. The van der Waals surface area contributed by atoms with Crippen molar-refractivity contribution in [3.8, 4) is 0 Å². The second kappa shape index (κ2) is 4.63. The molecule has 0 unspecified atom stereocenters. The second-order valence-corrected chi connectivity index (χ2v) is 3.00. The Hall–Kier alpha value is -1.07. The van der Waals surface area contributed by atoms with E-state index in [1.165, 1.54) is 0 Å². The molecule has 0 aliphatic heterocycles. The van der Waals surface area contributed by atoms with Gasteiger partial charge in [0, 0.05) is 6.54 Å². The van der Waals surface area contributed by atoms with Crippen molar-refractivity contribution in [2.24, 2.45) is 5.73 Å². The van der Waals surface area contributed by atoms with E-state index in [-0.39, 0.29) is 6.54 Å². The molecule has 0 saturated heterocycles. The summed E-state index contributed by atoms with van der Waals surface area (Å²) in [7, 11) is 0. The van der Waals surface area contributed by atoms with Gasteiger partial charge in [0.05, 0.1) is 5.56 Å². The number of hydrogen-bond acceptors (Lipinski definition) is 1. The Morgan fingerprint density at radius 3 is 1.87 bits per heavy atom. The molecule has 15 heavy (non-hydrogen) atoms. The van der Waals surface area contributed by atoms with Crippen LogP contribution in [0.2, 0.25) is 5.02 Å². The fourth-order valence-corrected chi connectivity index (χ4v) is 1.12. The third-order valence-corrected chi connectivity index (χ3v) is 2.00. The van der Waals surface area contributed by atoms with Gasteiger partial charge in [-0.2, -0.15) is 0 Å². The lowest BCUT2D eigenvalue weighted by molar-refractivity contribution is 0.452. The summed E-state index contributed by atoms with van der Waals surface area (Å²) < 4.78 is 51.9. The largest absolute Gasteiger partial charge is 0.327 e. The number of nitrogens with two attached hydrogens (primary N) is 1. The van der Waals surface area contributed by atoms with E-state index in [1.807, 2.05) is 0 Å². The van der Waals surface area contributed by atoms with Gasteiger partial charge >= 0.3 is 0 Å². The van der Waals surface area contributed by atoms with Crippen LogP contribution in [0.3, 0.4) is 0 Å². The van der Waals surface area contributed by atoms with Crippen LogP contribution in [0, 0.1) is 23.3 Å². The van der Waals surface area contributed by atoms with Gasteiger partial charge in [0.2, 0.25) is 0 Å². The standard InChI is InChI=1S/C9H6ClF4N/c10-5-8(13)6(11)4(2-1-3-15)7(12)9(5)14/h1-2H,3,15H2/b2-1+. The third kappa shape index (κ3) is 2.13. The fourth-order valence-electron chi connectivity index (χ4n) is 0.954. The SMILES string of the molecule is NC/C=C/c1c(F)c(F)c(Cl)c(F)c1F. The van der Waals surface area contributed by atoms with Crippen molar-refractivity contribution in [2.75, 3.05) is 6.54 Å². The summed E-state index contributed by atoms with van der Waals surface area (Å²) in [4.78, 5) is 0. The van der Waals surface area contributed by atoms with Crippen LogP contribution in [0.15, 0.2) is 6.08 Å². The number of hydrogen-bond donors (Lipinski definition) is 1. The molecule has 1 aromatic rings. The summed E-state index contributed by atoms with van der Waals surface area (Å²) in [6.07, 6.45) is 2.02. The maximum atomic E-state index is 13.1. The Bertz CT molecular complexity index is 388. The Labute approximate surface area is 88.1 Å². The summed E-state index contributed by atoms with van der Waals surface area (Å²) >= 11 is 5.02. The molecule has 0 atom stereocenters. The highest BCUT2D eigenvalue weighted by atomic mass is 35.5.